The molecule has 2 aromatic rings. The predicted octanol–water partition coefficient (Wildman–Crippen LogP) is 3.28. The molecule has 0 radical (unpaired) electrons. The molecule has 10 heteroatoms. The van der Waals surface area contributed by atoms with E-state index >= 15 is 0 Å². The second kappa shape index (κ2) is 8.14. The molecule has 2 saturated heterocycles. The van der Waals surface area contributed by atoms with Crippen molar-refractivity contribution in [3.05, 3.63) is 46.5 Å². The minimum Gasteiger partial charge on any atom is -0.376 e. The first-order chi connectivity index (χ1) is 14.6. The van der Waals surface area contributed by atoms with Gasteiger partial charge in [0.1, 0.15) is 5.82 Å². The Labute approximate surface area is 182 Å². The number of halogens is 3. The van der Waals surface area contributed by atoms with Crippen molar-refractivity contribution in [2.24, 2.45) is 18.2 Å². The summed E-state index contributed by atoms with van der Waals surface area (Å²) in [5.41, 5.74) is 5.02. The first kappa shape index (κ1) is 22.2. The van der Waals surface area contributed by atoms with Gasteiger partial charge in [-0.15, -0.1) is 0 Å². The summed E-state index contributed by atoms with van der Waals surface area (Å²) in [4.78, 5) is 18.6. The van der Waals surface area contributed by atoms with E-state index in [9.17, 15) is 18.0 Å². The molecular weight excluding hydrogens is 429 g/mol. The number of aromatic nitrogens is 2. The number of ether oxygens (including phenoxy) is 1. The lowest BCUT2D eigenvalue weighted by atomic mass is 9.73. The highest BCUT2D eigenvalue weighted by molar-refractivity contribution is 7.99. The van der Waals surface area contributed by atoms with Crippen LogP contribution < -0.4 is 16.2 Å². The smallest absolute Gasteiger partial charge is 0.376 e. The molecule has 4 rings (SSSR count). The quantitative estimate of drug-likeness (QED) is 0.768. The molecule has 0 bridgehead atoms. The molecule has 6 nitrogen and oxygen atoms in total. The van der Waals surface area contributed by atoms with Gasteiger partial charge in [-0.1, -0.05) is 11.8 Å². The molecule has 0 amide bonds. The second-order valence-corrected chi connectivity index (χ2v) is 9.35. The van der Waals surface area contributed by atoms with Gasteiger partial charge < -0.3 is 15.4 Å². The van der Waals surface area contributed by atoms with Crippen LogP contribution in [0.5, 0.6) is 0 Å². The molecule has 0 aromatic carbocycles. The van der Waals surface area contributed by atoms with Crippen LogP contribution in [-0.2, 0) is 18.0 Å². The second-order valence-electron chi connectivity index (χ2n) is 8.26. The lowest BCUT2D eigenvalue weighted by Crippen LogP contribution is -2.51. The summed E-state index contributed by atoms with van der Waals surface area (Å²) in [6, 6.07) is 6.13. The molecule has 2 aliphatic rings. The third-order valence-corrected chi connectivity index (χ3v) is 7.51. The van der Waals surface area contributed by atoms with Crippen molar-refractivity contribution in [1.82, 2.24) is 9.55 Å². The van der Waals surface area contributed by atoms with Gasteiger partial charge in [0.2, 0.25) is 0 Å². The van der Waals surface area contributed by atoms with E-state index in [1.54, 1.807) is 19.2 Å². The van der Waals surface area contributed by atoms with Crippen molar-refractivity contribution in [2.45, 2.75) is 47.9 Å². The number of alkyl halides is 3. The van der Waals surface area contributed by atoms with Gasteiger partial charge in [-0.05, 0) is 44.0 Å². The van der Waals surface area contributed by atoms with Crippen molar-refractivity contribution in [1.29, 1.82) is 0 Å². The molecule has 0 unspecified atom stereocenters. The maximum atomic E-state index is 13.2. The lowest BCUT2D eigenvalue weighted by Gasteiger charge is -2.42. The standard InChI is InChI=1S/C21H25F3N4O2S/c1-13-17(25)20(12-30-13)7-10-28(11-8-20)16-6-5-15(19(29)27(16)2)31-14-4-3-9-26-18(14)21(22,23)24/h3-6,9,13,17H,7-8,10-12,25H2,1-2H3/t13-,17+/m0/s1. The van der Waals surface area contributed by atoms with Crippen LogP contribution in [0.2, 0.25) is 0 Å². The predicted molar refractivity (Wildman–Crippen MR) is 112 cm³/mol. The van der Waals surface area contributed by atoms with E-state index in [1.807, 2.05) is 6.92 Å². The Balaban J connectivity index is 1.54. The zero-order valence-corrected chi connectivity index (χ0v) is 18.2. The van der Waals surface area contributed by atoms with Crippen molar-refractivity contribution in [3.63, 3.8) is 0 Å². The number of hydrogen-bond donors (Lipinski definition) is 1. The van der Waals surface area contributed by atoms with Gasteiger partial charge in [0.15, 0.2) is 5.69 Å². The van der Waals surface area contributed by atoms with Crippen molar-refractivity contribution in [2.75, 3.05) is 24.6 Å². The molecule has 2 aromatic heterocycles. The average molecular weight is 455 g/mol. The summed E-state index contributed by atoms with van der Waals surface area (Å²) in [6.07, 6.45) is -1.71. The SMILES string of the molecule is C[C@@H]1OCC2(CCN(c3ccc(Sc4cccnc4C(F)(F)F)c(=O)n3C)CC2)[C@@H]1N. The number of piperidine rings is 1. The number of hydrogen-bond acceptors (Lipinski definition) is 6. The zero-order valence-electron chi connectivity index (χ0n) is 17.4. The van der Waals surface area contributed by atoms with Crippen LogP contribution in [0.3, 0.4) is 0 Å². The molecule has 1 spiro atoms. The Hall–Kier alpha value is -2.04. The molecule has 0 saturated carbocycles. The van der Waals surface area contributed by atoms with Gasteiger partial charge >= 0.3 is 6.18 Å². The van der Waals surface area contributed by atoms with Crippen molar-refractivity contribution < 1.29 is 17.9 Å². The summed E-state index contributed by atoms with van der Waals surface area (Å²) in [5.74, 6) is 0.743. The fourth-order valence-corrected chi connectivity index (χ4v) is 5.47. The highest BCUT2D eigenvalue weighted by Gasteiger charge is 2.47. The first-order valence-corrected chi connectivity index (χ1v) is 11.0. The lowest BCUT2D eigenvalue weighted by molar-refractivity contribution is -0.143. The average Bonchev–Trinajstić information content (AvgIpc) is 3.01. The topological polar surface area (TPSA) is 73.4 Å². The Morgan fingerprint density at radius 3 is 2.55 bits per heavy atom. The number of nitrogens with zero attached hydrogens (tertiary/aromatic N) is 3. The highest BCUT2D eigenvalue weighted by atomic mass is 32.2. The molecule has 31 heavy (non-hydrogen) atoms. The highest BCUT2D eigenvalue weighted by Crippen LogP contribution is 2.42. The van der Waals surface area contributed by atoms with Crippen molar-refractivity contribution in [3.8, 4) is 0 Å². The first-order valence-electron chi connectivity index (χ1n) is 10.1. The van der Waals surface area contributed by atoms with Crippen LogP contribution in [0.4, 0.5) is 19.0 Å². The largest absolute Gasteiger partial charge is 0.434 e. The van der Waals surface area contributed by atoms with Crippen LogP contribution in [0.25, 0.3) is 0 Å². The van der Waals surface area contributed by atoms with E-state index in [0.29, 0.717) is 6.61 Å². The summed E-state index contributed by atoms with van der Waals surface area (Å²) in [6.45, 7) is 4.14. The molecular formula is C21H25F3N4O2S. The van der Waals surface area contributed by atoms with E-state index < -0.39 is 11.9 Å². The molecule has 168 valence electrons. The maximum absolute atomic E-state index is 13.2. The van der Waals surface area contributed by atoms with Crippen LogP contribution in [-0.4, -0.2) is 41.4 Å². The summed E-state index contributed by atoms with van der Waals surface area (Å²) < 4.78 is 47.0. The Morgan fingerprint density at radius 1 is 1.23 bits per heavy atom. The van der Waals surface area contributed by atoms with E-state index in [4.69, 9.17) is 10.5 Å². The molecule has 2 atom stereocenters. The fraction of sp³-hybridized carbons (Fsp3) is 0.524. The van der Waals surface area contributed by atoms with Crippen LogP contribution in [0, 0.1) is 5.41 Å². The number of nitrogens with two attached hydrogens (primary N) is 1. The van der Waals surface area contributed by atoms with E-state index in [0.717, 1.165) is 49.7 Å². The number of pyridine rings is 2. The normalized spacial score (nSPS) is 23.5. The minimum atomic E-state index is -4.58. The third-order valence-electron chi connectivity index (χ3n) is 6.43. The zero-order chi connectivity index (χ0) is 22.4. The van der Waals surface area contributed by atoms with E-state index in [-0.39, 0.29) is 32.9 Å². The van der Waals surface area contributed by atoms with E-state index in [1.165, 1.54) is 16.7 Å². The Kier molecular flexibility index (Phi) is 5.82. The molecule has 0 aliphatic carbocycles. The summed E-state index contributed by atoms with van der Waals surface area (Å²) in [5, 5.41) is 0. The van der Waals surface area contributed by atoms with E-state index in [2.05, 4.69) is 9.88 Å². The van der Waals surface area contributed by atoms with Crippen molar-refractivity contribution >= 4 is 17.6 Å². The fourth-order valence-electron chi connectivity index (χ4n) is 4.46. The molecule has 4 heterocycles. The van der Waals surface area contributed by atoms with Gasteiger partial charge in [0.05, 0.1) is 17.6 Å². The Morgan fingerprint density at radius 2 is 1.94 bits per heavy atom. The van der Waals surface area contributed by atoms with Gasteiger partial charge in [-0.25, -0.2) is 0 Å². The molecule has 2 N–H and O–H groups in total. The maximum Gasteiger partial charge on any atom is 0.434 e. The summed E-state index contributed by atoms with van der Waals surface area (Å²) >= 11 is 0.786. The minimum absolute atomic E-state index is 0.000411. The van der Waals surface area contributed by atoms with Crippen LogP contribution >= 0.6 is 11.8 Å². The Bertz CT molecular complexity index is 1020. The van der Waals surface area contributed by atoms with Gasteiger partial charge in [0.25, 0.3) is 5.56 Å². The van der Waals surface area contributed by atoms with Crippen LogP contribution in [0.15, 0.2) is 45.0 Å². The third kappa shape index (κ3) is 4.08. The van der Waals surface area contributed by atoms with Gasteiger partial charge in [0, 0.05) is 42.7 Å². The molecule has 2 fully saturated rings. The monoisotopic (exact) mass is 454 g/mol. The van der Waals surface area contributed by atoms with Crippen LogP contribution in [0.1, 0.15) is 25.5 Å². The number of anilines is 1. The number of rotatable bonds is 3. The van der Waals surface area contributed by atoms with Gasteiger partial charge in [-0.3, -0.25) is 14.3 Å². The molecule has 2 aliphatic heterocycles. The van der Waals surface area contributed by atoms with Gasteiger partial charge in [-0.2, -0.15) is 13.2 Å². The summed E-state index contributed by atoms with van der Waals surface area (Å²) in [7, 11) is 1.65.